The minimum atomic E-state index is -1.02. The predicted octanol–water partition coefficient (Wildman–Crippen LogP) is 3.45. The van der Waals surface area contributed by atoms with E-state index < -0.39 is 5.41 Å². The van der Waals surface area contributed by atoms with Gasteiger partial charge in [-0.05, 0) is 18.2 Å². The van der Waals surface area contributed by atoms with E-state index in [1.54, 1.807) is 0 Å². The average molecular weight is 309 g/mol. The smallest absolute Gasteiger partial charge is 0.0912 e. The lowest BCUT2D eigenvalue weighted by molar-refractivity contribution is 0.821. The lowest BCUT2D eigenvalue weighted by atomic mass is 9.86. The van der Waals surface area contributed by atoms with Gasteiger partial charge in [-0.3, -0.25) is 0 Å². The van der Waals surface area contributed by atoms with Gasteiger partial charge in [0.1, 0.15) is 0 Å². The Hall–Kier alpha value is -4.33. The summed E-state index contributed by atoms with van der Waals surface area (Å²) in [5.41, 5.74) is 2.30. The van der Waals surface area contributed by atoms with Crippen molar-refractivity contribution in [2.24, 2.45) is 5.41 Å². The first kappa shape index (κ1) is 19.7. The molecule has 0 N–H and O–H groups in total. The highest BCUT2D eigenvalue weighted by molar-refractivity contribution is 5.39. The summed E-state index contributed by atoms with van der Waals surface area (Å²) in [6, 6.07) is 9.21. The predicted molar refractivity (Wildman–Crippen MR) is 87.8 cm³/mol. The zero-order valence-electron chi connectivity index (χ0n) is 12.6. The van der Waals surface area contributed by atoms with Crippen LogP contribution in [-0.2, 0) is 0 Å². The molecule has 0 rings (SSSR count). The second kappa shape index (κ2) is 12.4. The van der Waals surface area contributed by atoms with Crippen LogP contribution in [0.15, 0.2) is 78.1 Å². The molecular formula is C19H11N5. The molecule has 0 unspecified atom stereocenters. The van der Waals surface area contributed by atoms with Gasteiger partial charge < -0.3 is 0 Å². The van der Waals surface area contributed by atoms with Gasteiger partial charge in [0.2, 0.25) is 0 Å². The molecule has 112 valence electrons. The molecule has 0 saturated carbocycles. The molecule has 0 aromatic heterocycles. The Morgan fingerprint density at radius 3 is 1.29 bits per heavy atom. The van der Waals surface area contributed by atoms with Crippen LogP contribution in [-0.4, -0.2) is 0 Å². The number of hydrogen-bond donors (Lipinski definition) is 0. The maximum Gasteiger partial charge on any atom is 0.0912 e. The summed E-state index contributed by atoms with van der Waals surface area (Å²) in [4.78, 5) is 0. The number of rotatable bonds is 6. The lowest BCUT2D eigenvalue weighted by Crippen LogP contribution is -2.07. The Morgan fingerprint density at radius 2 is 0.958 bits per heavy atom. The highest BCUT2D eigenvalue weighted by Crippen LogP contribution is 2.25. The molecule has 0 amide bonds. The molecule has 0 aromatic carbocycles. The van der Waals surface area contributed by atoms with E-state index in [-0.39, 0.29) is 0 Å². The largest absolute Gasteiger partial charge is 0.193 e. The van der Waals surface area contributed by atoms with E-state index in [0.29, 0.717) is 5.57 Å². The summed E-state index contributed by atoms with van der Waals surface area (Å²) < 4.78 is 0. The van der Waals surface area contributed by atoms with E-state index in [1.165, 1.54) is 66.8 Å². The van der Waals surface area contributed by atoms with Gasteiger partial charge >= 0.3 is 0 Å². The fourth-order valence-electron chi connectivity index (χ4n) is 1.47. The minimum absolute atomic E-state index is 0.434. The first-order valence-corrected chi connectivity index (χ1v) is 6.50. The van der Waals surface area contributed by atoms with Crippen molar-refractivity contribution >= 4 is 0 Å². The van der Waals surface area contributed by atoms with Crippen LogP contribution in [0.25, 0.3) is 0 Å². The maximum absolute atomic E-state index is 8.74. The van der Waals surface area contributed by atoms with Crippen molar-refractivity contribution in [2.75, 3.05) is 0 Å². The van der Waals surface area contributed by atoms with Gasteiger partial charge in [-0.2, -0.15) is 26.3 Å². The third-order valence-corrected chi connectivity index (χ3v) is 2.50. The monoisotopic (exact) mass is 309 g/mol. The van der Waals surface area contributed by atoms with E-state index in [2.05, 4.69) is 5.73 Å². The summed E-state index contributed by atoms with van der Waals surface area (Å²) in [6.45, 7) is 0. The van der Waals surface area contributed by atoms with Crippen molar-refractivity contribution in [1.82, 2.24) is 0 Å². The molecule has 0 saturated heterocycles. The van der Waals surface area contributed by atoms with Gasteiger partial charge in [0.15, 0.2) is 0 Å². The van der Waals surface area contributed by atoms with Crippen molar-refractivity contribution < 1.29 is 0 Å². The van der Waals surface area contributed by atoms with Gasteiger partial charge in [-0.25, -0.2) is 0 Å². The Balaban J connectivity index is 6.36. The summed E-state index contributed by atoms with van der Waals surface area (Å²) in [6.07, 6.45) is 15.0. The van der Waals surface area contributed by atoms with Gasteiger partial charge in [0, 0.05) is 36.0 Å². The fraction of sp³-hybridized carbons (Fsp3) is 0.0526. The van der Waals surface area contributed by atoms with Crippen molar-refractivity contribution in [3.8, 4) is 30.3 Å². The van der Waals surface area contributed by atoms with Crippen LogP contribution in [0.4, 0.5) is 0 Å². The van der Waals surface area contributed by atoms with Gasteiger partial charge in [0.05, 0.1) is 35.8 Å². The molecular weight excluding hydrogens is 298 g/mol. The van der Waals surface area contributed by atoms with E-state index in [9.17, 15) is 0 Å². The van der Waals surface area contributed by atoms with Crippen molar-refractivity contribution in [1.29, 1.82) is 26.3 Å². The number of allylic oxidation sites excluding steroid dienone is 11. The quantitative estimate of drug-likeness (QED) is 0.423. The Labute approximate surface area is 140 Å². The zero-order valence-corrected chi connectivity index (χ0v) is 12.6. The summed E-state index contributed by atoms with van der Waals surface area (Å²) >= 11 is 0. The van der Waals surface area contributed by atoms with Crippen molar-refractivity contribution in [2.45, 2.75) is 0 Å². The number of nitrogens with zero attached hydrogens (tertiary/aromatic N) is 5. The summed E-state index contributed by atoms with van der Waals surface area (Å²) in [5.74, 6) is 0. The number of hydrogen-bond acceptors (Lipinski definition) is 5. The second-order valence-electron chi connectivity index (χ2n) is 4.06. The third-order valence-electron chi connectivity index (χ3n) is 2.50. The molecule has 0 atom stereocenters. The molecule has 0 fully saturated rings. The van der Waals surface area contributed by atoms with Gasteiger partial charge in [-0.1, -0.05) is 18.2 Å². The van der Waals surface area contributed by atoms with E-state index in [0.717, 1.165) is 0 Å². The van der Waals surface area contributed by atoms with Crippen LogP contribution in [0, 0.1) is 62.1 Å². The molecule has 24 heavy (non-hydrogen) atoms. The highest BCUT2D eigenvalue weighted by Gasteiger charge is 2.16. The van der Waals surface area contributed by atoms with Gasteiger partial charge in [0.25, 0.3) is 0 Å². The SMILES string of the molecule is N#CC=CC(=C=CC(C=CC#N)(C=CC#N)C=CC#N)C=CC#N. The van der Waals surface area contributed by atoms with Crippen LogP contribution in [0.5, 0.6) is 0 Å². The second-order valence-corrected chi connectivity index (χ2v) is 4.06. The maximum atomic E-state index is 8.74. The Morgan fingerprint density at radius 1 is 0.583 bits per heavy atom. The molecule has 0 aliphatic heterocycles. The van der Waals surface area contributed by atoms with Crippen molar-refractivity contribution in [3.05, 3.63) is 78.1 Å². The normalized spacial score (nSPS) is 13.0. The van der Waals surface area contributed by atoms with Crippen molar-refractivity contribution in [3.63, 3.8) is 0 Å². The molecule has 0 radical (unpaired) electrons. The van der Waals surface area contributed by atoms with Crippen LogP contribution >= 0.6 is 0 Å². The van der Waals surface area contributed by atoms with E-state index in [1.807, 2.05) is 30.3 Å². The average Bonchev–Trinajstić information content (AvgIpc) is 2.61. The molecule has 0 spiro atoms. The highest BCUT2D eigenvalue weighted by atomic mass is 14.3. The molecule has 0 aliphatic carbocycles. The van der Waals surface area contributed by atoms with E-state index in [4.69, 9.17) is 26.3 Å². The molecule has 0 bridgehead atoms. The van der Waals surface area contributed by atoms with Gasteiger partial charge in [-0.15, -0.1) is 5.73 Å². The molecule has 0 aromatic rings. The fourth-order valence-corrected chi connectivity index (χ4v) is 1.47. The standard InChI is InChI=1S/C19H11N5/c20-13-1-6-18(7-2-14-21)8-12-19(9-3-15-22,10-4-16-23)11-5-17-24/h1-7,9-12H. The molecule has 5 nitrogen and oxygen atoms in total. The van der Waals surface area contributed by atoms with Crippen LogP contribution in [0.3, 0.4) is 0 Å². The molecule has 0 heterocycles. The zero-order chi connectivity index (χ0) is 18.1. The molecule has 0 aliphatic rings. The van der Waals surface area contributed by atoms with Crippen LogP contribution < -0.4 is 0 Å². The summed E-state index contributed by atoms with van der Waals surface area (Å²) in [7, 11) is 0. The first-order valence-electron chi connectivity index (χ1n) is 6.50. The van der Waals surface area contributed by atoms with Crippen LogP contribution in [0.1, 0.15) is 0 Å². The Kier molecular flexibility index (Phi) is 10.2. The number of nitriles is 5. The third kappa shape index (κ3) is 8.07. The summed E-state index contributed by atoms with van der Waals surface area (Å²) in [5, 5.41) is 43.4. The first-order chi connectivity index (χ1) is 11.7. The van der Waals surface area contributed by atoms with Crippen LogP contribution in [0.2, 0.25) is 0 Å². The minimum Gasteiger partial charge on any atom is -0.193 e. The Bertz CT molecular complexity index is 767. The van der Waals surface area contributed by atoms with E-state index >= 15 is 0 Å². The lowest BCUT2D eigenvalue weighted by Gasteiger charge is -2.16. The molecule has 5 heteroatoms. The topological polar surface area (TPSA) is 119 Å².